The first-order valence-corrected chi connectivity index (χ1v) is 9.88. The molecule has 1 aliphatic carbocycles. The highest BCUT2D eigenvalue weighted by atomic mass is 19.1. The Morgan fingerprint density at radius 3 is 2.61 bits per heavy atom. The highest BCUT2D eigenvalue weighted by Gasteiger charge is 2.20. The third-order valence-corrected chi connectivity index (χ3v) is 5.68. The van der Waals surface area contributed by atoms with Crippen LogP contribution >= 0.6 is 0 Å². The van der Waals surface area contributed by atoms with E-state index in [-0.39, 0.29) is 11.7 Å². The molecule has 150 valence electrons. The topological polar surface area (TPSA) is 50.2 Å². The van der Waals surface area contributed by atoms with Crippen molar-refractivity contribution < 1.29 is 9.18 Å². The van der Waals surface area contributed by atoms with Gasteiger partial charge in [0.2, 0.25) is 5.91 Å². The number of benzene rings is 1. The van der Waals surface area contributed by atoms with Gasteiger partial charge < -0.3 is 10.2 Å². The van der Waals surface area contributed by atoms with Crippen LogP contribution in [0.4, 0.5) is 15.8 Å². The summed E-state index contributed by atoms with van der Waals surface area (Å²) in [4.78, 5) is 14.3. The van der Waals surface area contributed by atoms with Gasteiger partial charge in [-0.25, -0.2) is 4.39 Å². The zero-order valence-corrected chi connectivity index (χ0v) is 17.1. The molecular formula is C22H29FN4O. The predicted octanol–water partition coefficient (Wildman–Crippen LogP) is 4.60. The van der Waals surface area contributed by atoms with Gasteiger partial charge in [0.1, 0.15) is 5.82 Å². The Morgan fingerprint density at radius 2 is 2.00 bits per heavy atom. The summed E-state index contributed by atoms with van der Waals surface area (Å²) < 4.78 is 16.4. The first-order chi connectivity index (χ1) is 13.4. The lowest BCUT2D eigenvalue weighted by molar-refractivity contribution is -0.111. The molecule has 0 spiro atoms. The molecule has 6 heteroatoms. The lowest BCUT2D eigenvalue weighted by Gasteiger charge is -2.33. The lowest BCUT2D eigenvalue weighted by Crippen LogP contribution is -2.33. The maximum Gasteiger partial charge on any atom is 0.248 e. The molecule has 1 N–H and O–H groups in total. The van der Waals surface area contributed by atoms with E-state index in [1.807, 2.05) is 32.8 Å². The molecule has 28 heavy (non-hydrogen) atoms. The Balaban J connectivity index is 1.66. The molecule has 0 unspecified atom stereocenters. The van der Waals surface area contributed by atoms with Crippen LogP contribution < -0.4 is 10.2 Å². The average Bonchev–Trinajstić information content (AvgIpc) is 2.92. The van der Waals surface area contributed by atoms with E-state index in [9.17, 15) is 9.18 Å². The Labute approximate surface area is 166 Å². The molecule has 1 saturated carbocycles. The molecule has 1 aromatic heterocycles. The van der Waals surface area contributed by atoms with Gasteiger partial charge in [0, 0.05) is 43.2 Å². The van der Waals surface area contributed by atoms with Gasteiger partial charge in [-0.1, -0.05) is 19.3 Å². The SMILES string of the molecule is Cc1nn(C)c(C)c1/C=C/C(=O)Nc1ccc(N(C)C2CCCCC2)c(F)c1. The molecule has 1 aliphatic rings. The number of aromatic nitrogens is 2. The number of carbonyl (C=O) groups excluding carboxylic acids is 1. The number of amides is 1. The fourth-order valence-electron chi connectivity index (χ4n) is 3.91. The lowest BCUT2D eigenvalue weighted by atomic mass is 9.94. The van der Waals surface area contributed by atoms with Crippen molar-refractivity contribution in [1.29, 1.82) is 0 Å². The van der Waals surface area contributed by atoms with E-state index >= 15 is 0 Å². The van der Waals surface area contributed by atoms with Crippen LogP contribution in [0.2, 0.25) is 0 Å². The molecule has 1 heterocycles. The Kier molecular flexibility index (Phi) is 6.17. The minimum atomic E-state index is -0.311. The predicted molar refractivity (Wildman–Crippen MR) is 112 cm³/mol. The van der Waals surface area contributed by atoms with Crippen molar-refractivity contribution in [1.82, 2.24) is 9.78 Å². The van der Waals surface area contributed by atoms with Gasteiger partial charge in [-0.3, -0.25) is 9.48 Å². The van der Waals surface area contributed by atoms with E-state index in [1.54, 1.807) is 22.9 Å². The summed E-state index contributed by atoms with van der Waals surface area (Å²) in [6.45, 7) is 3.86. The quantitative estimate of drug-likeness (QED) is 0.767. The van der Waals surface area contributed by atoms with Crippen LogP contribution in [0, 0.1) is 19.7 Å². The molecule has 0 atom stereocenters. The summed E-state index contributed by atoms with van der Waals surface area (Å²) in [5, 5.41) is 7.06. The van der Waals surface area contributed by atoms with E-state index in [4.69, 9.17) is 0 Å². The summed E-state index contributed by atoms with van der Waals surface area (Å²) in [5.74, 6) is -0.607. The number of hydrogen-bond donors (Lipinski definition) is 1. The molecule has 5 nitrogen and oxygen atoms in total. The smallest absolute Gasteiger partial charge is 0.248 e. The Morgan fingerprint density at radius 1 is 1.29 bits per heavy atom. The third kappa shape index (κ3) is 4.43. The van der Waals surface area contributed by atoms with Crippen LogP contribution in [0.5, 0.6) is 0 Å². The van der Waals surface area contributed by atoms with E-state index in [2.05, 4.69) is 10.4 Å². The van der Waals surface area contributed by atoms with Crippen LogP contribution in [0.25, 0.3) is 6.08 Å². The first-order valence-electron chi connectivity index (χ1n) is 9.88. The Bertz CT molecular complexity index is 881. The van der Waals surface area contributed by atoms with Crippen molar-refractivity contribution in [2.75, 3.05) is 17.3 Å². The standard InChI is InChI=1S/C22H29FN4O/c1-15-19(16(2)27(4)25-15)11-13-22(28)24-17-10-12-21(20(23)14-17)26(3)18-8-6-5-7-9-18/h10-14,18H,5-9H2,1-4H3,(H,24,28)/b13-11+. The van der Waals surface area contributed by atoms with Crippen LogP contribution in [0.1, 0.15) is 49.1 Å². The van der Waals surface area contributed by atoms with Crippen LogP contribution in [0.3, 0.4) is 0 Å². The molecule has 1 amide bonds. The van der Waals surface area contributed by atoms with E-state index in [1.165, 1.54) is 31.4 Å². The van der Waals surface area contributed by atoms with Crippen molar-refractivity contribution in [3.8, 4) is 0 Å². The number of anilines is 2. The third-order valence-electron chi connectivity index (χ3n) is 5.68. The molecule has 0 radical (unpaired) electrons. The number of rotatable bonds is 5. The van der Waals surface area contributed by atoms with Crippen molar-refractivity contribution >= 4 is 23.4 Å². The zero-order chi connectivity index (χ0) is 20.3. The summed E-state index contributed by atoms with van der Waals surface area (Å²) in [6, 6.07) is 5.28. The number of carbonyl (C=O) groups is 1. The van der Waals surface area contributed by atoms with Gasteiger partial charge in [0.25, 0.3) is 0 Å². The molecule has 2 aromatic rings. The van der Waals surface area contributed by atoms with Gasteiger partial charge in [0.05, 0.1) is 11.4 Å². The van der Waals surface area contributed by atoms with E-state index in [0.29, 0.717) is 17.4 Å². The van der Waals surface area contributed by atoms with Gasteiger partial charge in [-0.05, 0) is 51.0 Å². The maximum atomic E-state index is 14.6. The summed E-state index contributed by atoms with van der Waals surface area (Å²) in [7, 11) is 3.82. The van der Waals surface area contributed by atoms with Crippen LogP contribution in [0.15, 0.2) is 24.3 Å². The van der Waals surface area contributed by atoms with Gasteiger partial charge in [-0.15, -0.1) is 0 Å². The second kappa shape index (κ2) is 8.59. The maximum absolute atomic E-state index is 14.6. The summed E-state index contributed by atoms with van der Waals surface area (Å²) in [6.07, 6.45) is 9.08. The highest BCUT2D eigenvalue weighted by Crippen LogP contribution is 2.29. The van der Waals surface area contributed by atoms with E-state index < -0.39 is 0 Å². The second-order valence-electron chi connectivity index (χ2n) is 7.60. The summed E-state index contributed by atoms with van der Waals surface area (Å²) in [5.41, 5.74) is 3.82. The highest BCUT2D eigenvalue weighted by molar-refractivity contribution is 6.02. The number of halogens is 1. The van der Waals surface area contributed by atoms with Crippen molar-refractivity contribution in [2.24, 2.45) is 7.05 Å². The molecule has 0 aliphatic heterocycles. The number of nitrogens with one attached hydrogen (secondary N) is 1. The van der Waals surface area contributed by atoms with Crippen molar-refractivity contribution in [3.63, 3.8) is 0 Å². The van der Waals surface area contributed by atoms with E-state index in [0.717, 1.165) is 29.8 Å². The fraction of sp³-hybridized carbons (Fsp3) is 0.455. The van der Waals surface area contributed by atoms with Gasteiger partial charge >= 0.3 is 0 Å². The van der Waals surface area contributed by atoms with Gasteiger partial charge in [0.15, 0.2) is 0 Å². The van der Waals surface area contributed by atoms with Gasteiger partial charge in [-0.2, -0.15) is 5.10 Å². The van der Waals surface area contributed by atoms with Crippen molar-refractivity contribution in [2.45, 2.75) is 52.0 Å². The molecule has 1 fully saturated rings. The molecule has 3 rings (SSSR count). The summed E-state index contributed by atoms with van der Waals surface area (Å²) >= 11 is 0. The monoisotopic (exact) mass is 384 g/mol. The fourth-order valence-corrected chi connectivity index (χ4v) is 3.91. The van der Waals surface area contributed by atoms with Crippen LogP contribution in [-0.2, 0) is 11.8 Å². The first kappa shape index (κ1) is 20.1. The zero-order valence-electron chi connectivity index (χ0n) is 17.1. The Hall–Kier alpha value is -2.63. The van der Waals surface area contributed by atoms with Crippen LogP contribution in [-0.4, -0.2) is 28.8 Å². The molecular weight excluding hydrogens is 355 g/mol. The number of nitrogens with zero attached hydrogens (tertiary/aromatic N) is 3. The molecule has 0 saturated heterocycles. The minimum Gasteiger partial charge on any atom is -0.369 e. The number of hydrogen-bond acceptors (Lipinski definition) is 3. The second-order valence-corrected chi connectivity index (χ2v) is 7.60. The largest absolute Gasteiger partial charge is 0.369 e. The number of aryl methyl sites for hydroxylation is 2. The molecule has 0 bridgehead atoms. The minimum absolute atomic E-state index is 0.296. The normalized spacial score (nSPS) is 15.2. The average molecular weight is 384 g/mol. The molecule has 1 aromatic carbocycles. The van der Waals surface area contributed by atoms with Crippen molar-refractivity contribution in [3.05, 3.63) is 47.0 Å².